The predicted molar refractivity (Wildman–Crippen MR) is 81.7 cm³/mol. The molecule has 1 aromatic heterocycles. The Morgan fingerprint density at radius 1 is 1.20 bits per heavy atom. The third-order valence-corrected chi connectivity index (χ3v) is 4.34. The largest absolute Gasteiger partial charge is 0.345 e. The summed E-state index contributed by atoms with van der Waals surface area (Å²) in [6.45, 7) is 1.99. The summed E-state index contributed by atoms with van der Waals surface area (Å²) in [6, 6.07) is 11.9. The lowest BCUT2D eigenvalue weighted by Crippen LogP contribution is -1.90. The van der Waals surface area contributed by atoms with E-state index >= 15 is 0 Å². The Balaban J connectivity index is 2.07. The fourth-order valence-electron chi connectivity index (χ4n) is 2.10. The maximum Gasteiger partial charge on any atom is 0.131 e. The standard InChI is InChI=1S/C15H11FN2OS/c1-9-11-4-2-3-5-14(11)20-15(9)17-13-8-10(16)6-7-12(13)18-19/h2-8,17H,1H3. The van der Waals surface area contributed by atoms with E-state index in [2.05, 4.69) is 10.5 Å². The van der Waals surface area contributed by atoms with Gasteiger partial charge in [-0.1, -0.05) is 18.2 Å². The van der Waals surface area contributed by atoms with Crippen molar-refractivity contribution < 1.29 is 4.39 Å². The van der Waals surface area contributed by atoms with Gasteiger partial charge in [0.1, 0.15) is 11.5 Å². The molecule has 0 unspecified atom stereocenters. The number of rotatable bonds is 3. The monoisotopic (exact) mass is 286 g/mol. The number of benzene rings is 2. The van der Waals surface area contributed by atoms with Gasteiger partial charge >= 0.3 is 0 Å². The quantitative estimate of drug-likeness (QED) is 0.647. The number of nitrogens with one attached hydrogen (secondary N) is 1. The van der Waals surface area contributed by atoms with Gasteiger partial charge in [0.25, 0.3) is 0 Å². The minimum Gasteiger partial charge on any atom is -0.345 e. The first-order chi connectivity index (χ1) is 9.69. The zero-order valence-electron chi connectivity index (χ0n) is 10.7. The SMILES string of the molecule is Cc1c(Nc2cc(F)ccc2N=O)sc2ccccc12. The highest BCUT2D eigenvalue weighted by Crippen LogP contribution is 2.38. The fraction of sp³-hybridized carbons (Fsp3) is 0.0667. The van der Waals surface area contributed by atoms with Crippen LogP contribution >= 0.6 is 11.3 Å². The maximum absolute atomic E-state index is 13.3. The van der Waals surface area contributed by atoms with E-state index in [4.69, 9.17) is 0 Å². The van der Waals surface area contributed by atoms with E-state index in [0.717, 1.165) is 20.7 Å². The summed E-state index contributed by atoms with van der Waals surface area (Å²) in [5.41, 5.74) is 1.66. The fourth-order valence-corrected chi connectivity index (χ4v) is 3.23. The van der Waals surface area contributed by atoms with Crippen LogP contribution in [-0.2, 0) is 0 Å². The number of nitroso groups, excluding NO2 is 1. The van der Waals surface area contributed by atoms with Crippen molar-refractivity contribution in [2.24, 2.45) is 5.18 Å². The minimum absolute atomic E-state index is 0.197. The van der Waals surface area contributed by atoms with Crippen LogP contribution < -0.4 is 5.32 Å². The van der Waals surface area contributed by atoms with Crippen LogP contribution in [0.25, 0.3) is 10.1 Å². The number of nitrogens with zero attached hydrogens (tertiary/aromatic N) is 1. The van der Waals surface area contributed by atoms with Crippen molar-refractivity contribution in [2.75, 3.05) is 5.32 Å². The number of hydrogen-bond donors (Lipinski definition) is 1. The van der Waals surface area contributed by atoms with Gasteiger partial charge < -0.3 is 5.32 Å². The number of thiophene rings is 1. The summed E-state index contributed by atoms with van der Waals surface area (Å²) in [5, 5.41) is 8.06. The van der Waals surface area contributed by atoms with E-state index in [9.17, 15) is 9.30 Å². The second-order valence-corrected chi connectivity index (χ2v) is 5.48. The van der Waals surface area contributed by atoms with Crippen LogP contribution in [0, 0.1) is 17.6 Å². The zero-order chi connectivity index (χ0) is 14.1. The summed E-state index contributed by atoms with van der Waals surface area (Å²) in [6.07, 6.45) is 0. The lowest BCUT2D eigenvalue weighted by atomic mass is 10.2. The Bertz CT molecular complexity index is 798. The Kier molecular flexibility index (Phi) is 3.20. The second-order valence-electron chi connectivity index (χ2n) is 4.43. The summed E-state index contributed by atoms with van der Waals surface area (Å²) in [4.78, 5) is 10.8. The molecule has 0 radical (unpaired) electrons. The molecule has 0 saturated heterocycles. The highest BCUT2D eigenvalue weighted by atomic mass is 32.1. The first-order valence-corrected chi connectivity index (χ1v) is 6.89. The molecule has 0 aliphatic carbocycles. The summed E-state index contributed by atoms with van der Waals surface area (Å²) >= 11 is 1.57. The van der Waals surface area contributed by atoms with Crippen LogP contribution in [0.1, 0.15) is 5.56 Å². The lowest BCUT2D eigenvalue weighted by molar-refractivity contribution is 0.628. The summed E-state index contributed by atoms with van der Waals surface area (Å²) in [7, 11) is 0. The number of anilines is 2. The third-order valence-electron chi connectivity index (χ3n) is 3.15. The molecular weight excluding hydrogens is 275 g/mol. The highest BCUT2D eigenvalue weighted by Gasteiger charge is 2.11. The van der Waals surface area contributed by atoms with Gasteiger partial charge in [-0.25, -0.2) is 4.39 Å². The zero-order valence-corrected chi connectivity index (χ0v) is 11.5. The van der Waals surface area contributed by atoms with Gasteiger partial charge in [-0.2, -0.15) is 0 Å². The number of fused-ring (bicyclic) bond motifs is 1. The Morgan fingerprint density at radius 3 is 2.75 bits per heavy atom. The number of hydrogen-bond acceptors (Lipinski definition) is 4. The van der Waals surface area contributed by atoms with Crippen molar-refractivity contribution in [1.29, 1.82) is 0 Å². The topological polar surface area (TPSA) is 41.5 Å². The molecule has 0 atom stereocenters. The third kappa shape index (κ3) is 2.16. The Hall–Kier alpha value is -2.27. The average molecular weight is 286 g/mol. The van der Waals surface area contributed by atoms with Crippen LogP contribution in [0.15, 0.2) is 47.6 Å². The molecule has 0 aliphatic heterocycles. The molecule has 0 aliphatic rings. The van der Waals surface area contributed by atoms with E-state index in [-0.39, 0.29) is 5.69 Å². The van der Waals surface area contributed by atoms with Gasteiger partial charge in [-0.15, -0.1) is 16.2 Å². The second kappa shape index (κ2) is 5.02. The van der Waals surface area contributed by atoms with Gasteiger partial charge in [0.15, 0.2) is 0 Å². The first kappa shape index (κ1) is 12.7. The average Bonchev–Trinajstić information content (AvgIpc) is 2.76. The van der Waals surface area contributed by atoms with Gasteiger partial charge in [-0.05, 0) is 47.3 Å². The van der Waals surface area contributed by atoms with E-state index in [1.54, 1.807) is 11.3 Å². The van der Waals surface area contributed by atoms with Crippen molar-refractivity contribution >= 4 is 37.8 Å². The predicted octanol–water partition coefficient (Wildman–Crippen LogP) is 5.49. The molecule has 3 rings (SSSR count). The van der Waals surface area contributed by atoms with Crippen LogP contribution in [0.2, 0.25) is 0 Å². The van der Waals surface area contributed by atoms with Crippen LogP contribution in [0.5, 0.6) is 0 Å². The maximum atomic E-state index is 13.3. The molecule has 0 saturated carbocycles. The minimum atomic E-state index is -0.404. The molecule has 0 spiro atoms. The number of aryl methyl sites for hydroxylation is 1. The Morgan fingerprint density at radius 2 is 2.00 bits per heavy atom. The van der Waals surface area contributed by atoms with E-state index in [1.165, 1.54) is 18.2 Å². The van der Waals surface area contributed by atoms with Crippen LogP contribution in [0.3, 0.4) is 0 Å². The normalized spacial score (nSPS) is 10.7. The van der Waals surface area contributed by atoms with E-state index in [0.29, 0.717) is 5.69 Å². The highest BCUT2D eigenvalue weighted by molar-refractivity contribution is 7.23. The van der Waals surface area contributed by atoms with Crippen molar-refractivity contribution in [3.05, 3.63) is 58.8 Å². The molecule has 0 fully saturated rings. The Labute approximate surface area is 119 Å². The van der Waals surface area contributed by atoms with Crippen molar-refractivity contribution in [1.82, 2.24) is 0 Å². The van der Waals surface area contributed by atoms with Gasteiger partial charge in [-0.3, -0.25) is 0 Å². The van der Waals surface area contributed by atoms with E-state index < -0.39 is 5.82 Å². The molecule has 3 aromatic rings. The molecule has 1 heterocycles. The molecule has 0 bridgehead atoms. The van der Waals surface area contributed by atoms with Crippen LogP contribution in [0.4, 0.5) is 20.8 Å². The van der Waals surface area contributed by atoms with Crippen molar-refractivity contribution in [3.8, 4) is 0 Å². The molecule has 20 heavy (non-hydrogen) atoms. The molecule has 3 nitrogen and oxygen atoms in total. The molecular formula is C15H11FN2OS. The lowest BCUT2D eigenvalue weighted by Gasteiger charge is -2.07. The van der Waals surface area contributed by atoms with Gasteiger partial charge in [0.05, 0.1) is 10.7 Å². The van der Waals surface area contributed by atoms with Crippen molar-refractivity contribution in [3.63, 3.8) is 0 Å². The summed E-state index contributed by atoms with van der Waals surface area (Å²) < 4.78 is 14.5. The van der Waals surface area contributed by atoms with E-state index in [1.807, 2.05) is 31.2 Å². The smallest absolute Gasteiger partial charge is 0.131 e. The van der Waals surface area contributed by atoms with Gasteiger partial charge in [0, 0.05) is 4.70 Å². The molecule has 2 aromatic carbocycles. The van der Waals surface area contributed by atoms with Crippen molar-refractivity contribution in [2.45, 2.75) is 6.92 Å². The number of halogens is 1. The molecule has 0 amide bonds. The first-order valence-electron chi connectivity index (χ1n) is 6.07. The molecule has 1 N–H and O–H groups in total. The van der Waals surface area contributed by atoms with Gasteiger partial charge in [0.2, 0.25) is 0 Å². The van der Waals surface area contributed by atoms with Crippen LogP contribution in [-0.4, -0.2) is 0 Å². The summed E-state index contributed by atoms with van der Waals surface area (Å²) in [5.74, 6) is -0.404. The molecule has 5 heteroatoms. The molecule has 100 valence electrons.